The number of aliphatic hydroxyl groups excluding tert-OH is 1. The van der Waals surface area contributed by atoms with Gasteiger partial charge in [0.05, 0.1) is 11.1 Å². The highest BCUT2D eigenvalue weighted by atomic mass is 35.5. The molecule has 1 heterocycles. The molecule has 4 heteroatoms. The summed E-state index contributed by atoms with van der Waals surface area (Å²) in [5.41, 5.74) is 1.64. The second-order valence-corrected chi connectivity index (χ2v) is 4.83. The molecule has 0 aromatic heterocycles. The molecule has 1 nitrogen and oxygen atoms in total. The molecule has 0 saturated carbocycles. The zero-order valence-electron chi connectivity index (χ0n) is 7.46. The molecule has 0 aliphatic carbocycles. The first-order chi connectivity index (χ1) is 6.68. The number of benzene rings is 1. The molecule has 1 aromatic rings. The maximum atomic E-state index is 13.1. The van der Waals surface area contributed by atoms with Crippen molar-refractivity contribution in [2.45, 2.75) is 18.3 Å². The van der Waals surface area contributed by atoms with E-state index >= 15 is 0 Å². The molecular formula is C10H10ClFOS. The van der Waals surface area contributed by atoms with Crippen molar-refractivity contribution in [1.29, 1.82) is 0 Å². The van der Waals surface area contributed by atoms with Crippen LogP contribution in [0.2, 0.25) is 5.02 Å². The first-order valence-electron chi connectivity index (χ1n) is 4.42. The first-order valence-corrected chi connectivity index (χ1v) is 5.95. The summed E-state index contributed by atoms with van der Waals surface area (Å²) in [7, 11) is 0. The van der Waals surface area contributed by atoms with Gasteiger partial charge in [0, 0.05) is 5.75 Å². The minimum absolute atomic E-state index is 0.0923. The monoisotopic (exact) mass is 232 g/mol. The van der Waals surface area contributed by atoms with Gasteiger partial charge in [0.15, 0.2) is 0 Å². The third-order valence-electron chi connectivity index (χ3n) is 2.33. The third-order valence-corrected chi connectivity index (χ3v) is 3.66. The van der Waals surface area contributed by atoms with Crippen LogP contribution >= 0.6 is 23.4 Å². The maximum absolute atomic E-state index is 13.1. The quantitative estimate of drug-likeness (QED) is 0.742. The van der Waals surface area contributed by atoms with Gasteiger partial charge < -0.3 is 5.11 Å². The third kappa shape index (κ3) is 1.90. The normalized spacial score (nSPS) is 21.5. The Morgan fingerprint density at radius 3 is 3.07 bits per heavy atom. The fourth-order valence-electron chi connectivity index (χ4n) is 1.57. The Kier molecular flexibility index (Phi) is 3.00. The van der Waals surface area contributed by atoms with Crippen LogP contribution in [0.3, 0.4) is 0 Å². The summed E-state index contributed by atoms with van der Waals surface area (Å²) in [6.45, 7) is 0. The summed E-state index contributed by atoms with van der Waals surface area (Å²) >= 11 is 7.38. The van der Waals surface area contributed by atoms with E-state index in [1.54, 1.807) is 17.8 Å². The molecule has 0 amide bonds. The lowest BCUT2D eigenvalue weighted by Gasteiger charge is -2.11. The van der Waals surface area contributed by atoms with Gasteiger partial charge >= 0.3 is 0 Å². The zero-order valence-corrected chi connectivity index (χ0v) is 9.04. The van der Waals surface area contributed by atoms with E-state index in [9.17, 15) is 9.50 Å². The highest BCUT2D eigenvalue weighted by Crippen LogP contribution is 2.33. The lowest BCUT2D eigenvalue weighted by Crippen LogP contribution is -2.00. The van der Waals surface area contributed by atoms with Gasteiger partial charge in [-0.1, -0.05) is 11.6 Å². The topological polar surface area (TPSA) is 20.2 Å². The van der Waals surface area contributed by atoms with Crippen LogP contribution in [-0.4, -0.2) is 10.9 Å². The number of aliphatic hydroxyl groups is 1. The number of rotatable bonds is 0. The first kappa shape index (κ1) is 10.3. The summed E-state index contributed by atoms with van der Waals surface area (Å²) in [5, 5.41) is 9.85. The molecule has 14 heavy (non-hydrogen) atoms. The van der Waals surface area contributed by atoms with Crippen LogP contribution in [0.15, 0.2) is 12.1 Å². The number of halogens is 2. The van der Waals surface area contributed by atoms with Crippen molar-refractivity contribution >= 4 is 23.4 Å². The Morgan fingerprint density at radius 2 is 2.29 bits per heavy atom. The number of hydrogen-bond donors (Lipinski definition) is 1. The highest BCUT2D eigenvalue weighted by Gasteiger charge is 2.18. The molecule has 0 saturated heterocycles. The number of fused-ring (bicyclic) bond motifs is 1. The molecule has 1 aromatic carbocycles. The summed E-state index contributed by atoms with van der Waals surface area (Å²) in [6.07, 6.45) is 0.206. The van der Waals surface area contributed by atoms with E-state index in [0.717, 1.165) is 22.6 Å². The van der Waals surface area contributed by atoms with E-state index < -0.39 is 11.9 Å². The molecular weight excluding hydrogens is 223 g/mol. The van der Waals surface area contributed by atoms with Crippen LogP contribution in [0.25, 0.3) is 0 Å². The van der Waals surface area contributed by atoms with Crippen LogP contribution in [-0.2, 0) is 5.75 Å². The fraction of sp³-hybridized carbons (Fsp3) is 0.400. The van der Waals surface area contributed by atoms with Crippen molar-refractivity contribution in [1.82, 2.24) is 0 Å². The van der Waals surface area contributed by atoms with Crippen molar-refractivity contribution in [2.75, 3.05) is 5.75 Å². The summed E-state index contributed by atoms with van der Waals surface area (Å²) in [6, 6.07) is 2.97. The van der Waals surface area contributed by atoms with Crippen LogP contribution < -0.4 is 0 Å². The van der Waals surface area contributed by atoms with Gasteiger partial charge in [0.1, 0.15) is 5.82 Å². The van der Waals surface area contributed by atoms with Gasteiger partial charge in [-0.15, -0.1) is 0 Å². The lowest BCUT2D eigenvalue weighted by molar-refractivity contribution is 0.175. The molecule has 1 N–H and O–H groups in total. The molecule has 76 valence electrons. The van der Waals surface area contributed by atoms with E-state index in [1.807, 2.05) is 0 Å². The van der Waals surface area contributed by atoms with Crippen molar-refractivity contribution in [2.24, 2.45) is 0 Å². The van der Waals surface area contributed by atoms with Crippen LogP contribution in [0.1, 0.15) is 23.7 Å². The largest absolute Gasteiger partial charge is 0.388 e. The number of thioether (sulfide) groups is 1. The van der Waals surface area contributed by atoms with E-state index in [1.165, 1.54) is 6.07 Å². The van der Waals surface area contributed by atoms with E-state index in [2.05, 4.69) is 0 Å². The Bertz CT molecular complexity index is 356. The molecule has 1 aliphatic heterocycles. The Balaban J connectivity index is 2.49. The zero-order chi connectivity index (χ0) is 10.1. The van der Waals surface area contributed by atoms with E-state index in [-0.39, 0.29) is 5.02 Å². The predicted octanol–water partition coefficient (Wildman–Crippen LogP) is 3.15. The van der Waals surface area contributed by atoms with E-state index in [0.29, 0.717) is 6.42 Å². The average molecular weight is 233 g/mol. The smallest absolute Gasteiger partial charge is 0.142 e. The van der Waals surface area contributed by atoms with Gasteiger partial charge in [0.2, 0.25) is 0 Å². The van der Waals surface area contributed by atoms with Crippen LogP contribution in [0.5, 0.6) is 0 Å². The molecule has 0 unspecified atom stereocenters. The van der Waals surface area contributed by atoms with Crippen molar-refractivity contribution in [3.63, 3.8) is 0 Å². The SMILES string of the molecule is O[C@@H]1CCSCc2cc(F)c(Cl)cc21. The molecule has 0 bridgehead atoms. The average Bonchev–Trinajstić information content (AvgIpc) is 2.31. The maximum Gasteiger partial charge on any atom is 0.142 e. The Labute approximate surface area is 91.3 Å². The van der Waals surface area contributed by atoms with Crippen LogP contribution in [0.4, 0.5) is 4.39 Å². The molecule has 0 radical (unpaired) electrons. The Hall–Kier alpha value is -0.250. The lowest BCUT2D eigenvalue weighted by atomic mass is 10.0. The fourth-order valence-corrected chi connectivity index (χ4v) is 2.75. The minimum atomic E-state index is -0.502. The molecule has 1 atom stereocenters. The van der Waals surface area contributed by atoms with Gasteiger partial charge in [-0.05, 0) is 35.4 Å². The molecule has 0 spiro atoms. The van der Waals surface area contributed by atoms with Crippen LogP contribution in [0, 0.1) is 5.82 Å². The summed E-state index contributed by atoms with van der Waals surface area (Å²) in [4.78, 5) is 0. The molecule has 0 fully saturated rings. The summed E-state index contributed by atoms with van der Waals surface area (Å²) in [5.74, 6) is 1.25. The standard InChI is InChI=1S/C10H10ClFOS/c11-8-4-7-6(3-9(8)12)5-14-2-1-10(7)13/h3-4,10,13H,1-2,5H2/t10-/m1/s1. The predicted molar refractivity (Wildman–Crippen MR) is 57.1 cm³/mol. The minimum Gasteiger partial charge on any atom is -0.388 e. The highest BCUT2D eigenvalue weighted by molar-refractivity contribution is 7.98. The Morgan fingerprint density at radius 1 is 1.50 bits per heavy atom. The van der Waals surface area contributed by atoms with Crippen molar-refractivity contribution in [3.8, 4) is 0 Å². The van der Waals surface area contributed by atoms with E-state index in [4.69, 9.17) is 11.6 Å². The van der Waals surface area contributed by atoms with Gasteiger partial charge in [-0.2, -0.15) is 11.8 Å². The van der Waals surface area contributed by atoms with Gasteiger partial charge in [-0.25, -0.2) is 4.39 Å². The summed E-state index contributed by atoms with van der Waals surface area (Å²) < 4.78 is 13.1. The van der Waals surface area contributed by atoms with Crippen molar-refractivity contribution in [3.05, 3.63) is 34.1 Å². The van der Waals surface area contributed by atoms with Crippen molar-refractivity contribution < 1.29 is 9.50 Å². The second kappa shape index (κ2) is 4.09. The molecule has 2 rings (SSSR count). The molecule has 1 aliphatic rings. The second-order valence-electron chi connectivity index (χ2n) is 3.32. The van der Waals surface area contributed by atoms with Gasteiger partial charge in [-0.3, -0.25) is 0 Å². The number of hydrogen-bond acceptors (Lipinski definition) is 2. The van der Waals surface area contributed by atoms with Gasteiger partial charge in [0.25, 0.3) is 0 Å².